The first-order chi connectivity index (χ1) is 10.7. The van der Waals surface area contributed by atoms with Gasteiger partial charge in [-0.1, -0.05) is 17.4 Å². The van der Waals surface area contributed by atoms with E-state index in [-0.39, 0.29) is 12.3 Å². The molecule has 4 nitrogen and oxygen atoms in total. The number of Topliss-reactive ketones (excluding diaryl/α,β-unsaturated/α-hetero) is 1. The van der Waals surface area contributed by atoms with Gasteiger partial charge in [0.15, 0.2) is 10.9 Å². The number of hydrogen-bond acceptors (Lipinski definition) is 5. The summed E-state index contributed by atoms with van der Waals surface area (Å²) in [5, 5.41) is 3.87. The number of ketones is 1. The van der Waals surface area contributed by atoms with E-state index in [1.165, 1.54) is 5.56 Å². The summed E-state index contributed by atoms with van der Waals surface area (Å²) in [7, 11) is 1.60. The maximum absolute atomic E-state index is 12.2. The van der Waals surface area contributed by atoms with E-state index in [1.54, 1.807) is 42.7 Å². The van der Waals surface area contributed by atoms with Gasteiger partial charge in [-0.25, -0.2) is 4.98 Å². The highest BCUT2D eigenvalue weighted by molar-refractivity contribution is 7.22. The average Bonchev–Trinajstić information content (AvgIpc) is 2.94. The Morgan fingerprint density at radius 2 is 2.00 bits per heavy atom. The smallest absolute Gasteiger partial charge is 0.184 e. The second-order valence-corrected chi connectivity index (χ2v) is 6.03. The van der Waals surface area contributed by atoms with Gasteiger partial charge in [-0.05, 0) is 48.9 Å². The monoisotopic (exact) mass is 312 g/mol. The molecule has 0 amide bonds. The van der Waals surface area contributed by atoms with Gasteiger partial charge < -0.3 is 10.1 Å². The van der Waals surface area contributed by atoms with Crippen LogP contribution in [0.25, 0.3) is 10.2 Å². The molecule has 2 aromatic carbocycles. The third kappa shape index (κ3) is 3.09. The number of anilines is 1. The summed E-state index contributed by atoms with van der Waals surface area (Å²) in [5.41, 5.74) is 2.82. The van der Waals surface area contributed by atoms with Gasteiger partial charge >= 0.3 is 0 Å². The average molecular weight is 312 g/mol. The maximum Gasteiger partial charge on any atom is 0.184 e. The molecule has 0 aliphatic rings. The van der Waals surface area contributed by atoms with E-state index < -0.39 is 0 Å². The zero-order valence-electron chi connectivity index (χ0n) is 12.4. The summed E-state index contributed by atoms with van der Waals surface area (Å²) in [5.74, 6) is 0.768. The fourth-order valence-electron chi connectivity index (χ4n) is 2.14. The molecule has 3 aromatic rings. The van der Waals surface area contributed by atoms with E-state index in [0.717, 1.165) is 21.1 Å². The molecule has 0 saturated carbocycles. The van der Waals surface area contributed by atoms with Gasteiger partial charge in [-0.3, -0.25) is 4.79 Å². The van der Waals surface area contributed by atoms with Gasteiger partial charge in [0.05, 0.1) is 23.9 Å². The molecule has 0 aliphatic heterocycles. The van der Waals surface area contributed by atoms with Crippen molar-refractivity contribution >= 4 is 32.5 Å². The number of aryl methyl sites for hydroxylation is 1. The van der Waals surface area contributed by atoms with Crippen molar-refractivity contribution in [1.82, 2.24) is 4.98 Å². The van der Waals surface area contributed by atoms with Gasteiger partial charge in [-0.2, -0.15) is 0 Å². The van der Waals surface area contributed by atoms with Crippen molar-refractivity contribution in [1.29, 1.82) is 0 Å². The number of aromatic nitrogens is 1. The molecular formula is C17H16N2O2S. The number of hydrogen-bond donors (Lipinski definition) is 1. The zero-order valence-corrected chi connectivity index (χ0v) is 13.2. The predicted octanol–water partition coefficient (Wildman–Crippen LogP) is 3.91. The molecule has 3 rings (SSSR count). The standard InChI is InChI=1S/C17H16N2O2S/c1-11-3-8-14-16(9-11)22-17(19-14)18-10-15(20)12-4-6-13(21-2)7-5-12/h3-9H,10H2,1-2H3,(H,18,19). The number of methoxy groups -OCH3 is 1. The van der Waals surface area contributed by atoms with E-state index in [0.29, 0.717) is 5.56 Å². The first-order valence-electron chi connectivity index (χ1n) is 6.94. The number of carbonyl (C=O) groups is 1. The minimum atomic E-state index is 0.0260. The summed E-state index contributed by atoms with van der Waals surface area (Å²) < 4.78 is 6.21. The van der Waals surface area contributed by atoms with Crippen LogP contribution in [0, 0.1) is 6.92 Å². The van der Waals surface area contributed by atoms with Crippen molar-refractivity contribution in [3.8, 4) is 5.75 Å². The Morgan fingerprint density at radius 1 is 1.23 bits per heavy atom. The third-order valence-corrected chi connectivity index (χ3v) is 4.33. The SMILES string of the molecule is COc1ccc(C(=O)CNc2nc3ccc(C)cc3s2)cc1. The van der Waals surface area contributed by atoms with Crippen molar-refractivity contribution in [2.24, 2.45) is 0 Å². The summed E-state index contributed by atoms with van der Waals surface area (Å²) >= 11 is 1.56. The molecule has 5 heteroatoms. The quantitative estimate of drug-likeness (QED) is 0.726. The zero-order chi connectivity index (χ0) is 15.5. The lowest BCUT2D eigenvalue weighted by atomic mass is 10.1. The van der Waals surface area contributed by atoms with Crippen molar-refractivity contribution < 1.29 is 9.53 Å². The second kappa shape index (κ2) is 6.15. The predicted molar refractivity (Wildman–Crippen MR) is 90.2 cm³/mol. The number of fused-ring (bicyclic) bond motifs is 1. The molecule has 0 fully saturated rings. The number of nitrogens with one attached hydrogen (secondary N) is 1. The Kier molecular flexibility index (Phi) is 4.06. The van der Waals surface area contributed by atoms with Crippen LogP contribution in [0.2, 0.25) is 0 Å². The van der Waals surface area contributed by atoms with Crippen LogP contribution in [0.1, 0.15) is 15.9 Å². The van der Waals surface area contributed by atoms with Gasteiger partial charge in [0.25, 0.3) is 0 Å². The molecule has 0 bridgehead atoms. The molecule has 22 heavy (non-hydrogen) atoms. The molecule has 0 radical (unpaired) electrons. The molecule has 1 N–H and O–H groups in total. The van der Waals surface area contributed by atoms with Gasteiger partial charge in [-0.15, -0.1) is 0 Å². The van der Waals surface area contributed by atoms with Crippen LogP contribution in [0.4, 0.5) is 5.13 Å². The van der Waals surface area contributed by atoms with Crippen molar-refractivity contribution in [3.05, 3.63) is 53.6 Å². The Morgan fingerprint density at radius 3 is 2.73 bits per heavy atom. The van der Waals surface area contributed by atoms with Crippen molar-refractivity contribution in [2.75, 3.05) is 19.0 Å². The normalized spacial score (nSPS) is 10.6. The van der Waals surface area contributed by atoms with E-state index in [2.05, 4.69) is 23.3 Å². The maximum atomic E-state index is 12.2. The Bertz CT molecular complexity index is 809. The summed E-state index contributed by atoms with van der Waals surface area (Å²) in [6.07, 6.45) is 0. The van der Waals surface area contributed by atoms with Crippen molar-refractivity contribution in [3.63, 3.8) is 0 Å². The minimum Gasteiger partial charge on any atom is -0.497 e. The molecule has 1 heterocycles. The van der Waals surface area contributed by atoms with Crippen molar-refractivity contribution in [2.45, 2.75) is 6.92 Å². The van der Waals surface area contributed by atoms with Crippen LogP contribution in [0.3, 0.4) is 0 Å². The summed E-state index contributed by atoms with van der Waals surface area (Å²) in [6.45, 7) is 2.28. The van der Waals surface area contributed by atoms with Gasteiger partial charge in [0.1, 0.15) is 5.75 Å². The lowest BCUT2D eigenvalue weighted by Gasteiger charge is -2.03. The van der Waals surface area contributed by atoms with Crippen LogP contribution in [0.5, 0.6) is 5.75 Å². The molecule has 0 aliphatic carbocycles. The minimum absolute atomic E-state index is 0.0260. The Hall–Kier alpha value is -2.40. The third-order valence-electron chi connectivity index (χ3n) is 3.36. The fourth-order valence-corrected chi connectivity index (χ4v) is 3.10. The molecule has 112 valence electrons. The topological polar surface area (TPSA) is 51.2 Å². The van der Waals surface area contributed by atoms with Gasteiger partial charge in [0, 0.05) is 5.56 Å². The highest BCUT2D eigenvalue weighted by atomic mass is 32.1. The molecule has 1 aromatic heterocycles. The van der Waals surface area contributed by atoms with E-state index in [4.69, 9.17) is 4.74 Å². The summed E-state index contributed by atoms with van der Waals surface area (Å²) in [4.78, 5) is 16.6. The fraction of sp³-hybridized carbons (Fsp3) is 0.176. The Labute approximate surface area is 132 Å². The largest absolute Gasteiger partial charge is 0.497 e. The number of rotatable bonds is 5. The first kappa shape index (κ1) is 14.5. The van der Waals surface area contributed by atoms with Crippen LogP contribution < -0.4 is 10.1 Å². The lowest BCUT2D eigenvalue weighted by molar-refractivity contribution is 0.101. The molecule has 0 atom stereocenters. The molecule has 0 unspecified atom stereocenters. The molecule has 0 spiro atoms. The number of benzene rings is 2. The van der Waals surface area contributed by atoms with Crippen LogP contribution in [-0.2, 0) is 0 Å². The lowest BCUT2D eigenvalue weighted by Crippen LogP contribution is -2.13. The molecule has 0 saturated heterocycles. The van der Waals surface area contributed by atoms with E-state index in [9.17, 15) is 4.79 Å². The Balaban J connectivity index is 1.68. The molecular weight excluding hydrogens is 296 g/mol. The highest BCUT2D eigenvalue weighted by Gasteiger charge is 2.08. The second-order valence-electron chi connectivity index (χ2n) is 5.00. The summed E-state index contributed by atoms with van der Waals surface area (Å²) in [6, 6.07) is 13.2. The number of nitrogens with zero attached hydrogens (tertiary/aromatic N) is 1. The van der Waals surface area contributed by atoms with E-state index in [1.807, 2.05) is 12.1 Å². The van der Waals surface area contributed by atoms with Crippen LogP contribution in [-0.4, -0.2) is 24.4 Å². The highest BCUT2D eigenvalue weighted by Crippen LogP contribution is 2.26. The van der Waals surface area contributed by atoms with Crippen LogP contribution >= 0.6 is 11.3 Å². The van der Waals surface area contributed by atoms with Crippen LogP contribution in [0.15, 0.2) is 42.5 Å². The first-order valence-corrected chi connectivity index (χ1v) is 7.75. The van der Waals surface area contributed by atoms with E-state index >= 15 is 0 Å². The number of thiazole rings is 1. The van der Waals surface area contributed by atoms with Gasteiger partial charge in [0.2, 0.25) is 0 Å². The number of ether oxygens (including phenoxy) is 1. The number of carbonyl (C=O) groups excluding carboxylic acids is 1.